The SMILES string of the molecule is c1cc2c(s1)CCN(CCNC1CCCC1)C2. The molecule has 0 amide bonds. The van der Waals surface area contributed by atoms with Crippen molar-refractivity contribution >= 4 is 11.3 Å². The fourth-order valence-electron chi connectivity index (χ4n) is 3.05. The van der Waals surface area contributed by atoms with Crippen molar-refractivity contribution in [2.24, 2.45) is 0 Å². The van der Waals surface area contributed by atoms with Gasteiger partial charge in [-0.2, -0.15) is 0 Å². The van der Waals surface area contributed by atoms with Crippen LogP contribution in [0, 0.1) is 0 Å². The molecule has 1 aromatic rings. The maximum atomic E-state index is 3.71. The lowest BCUT2D eigenvalue weighted by atomic mass is 10.1. The molecule has 1 aromatic heterocycles. The summed E-state index contributed by atoms with van der Waals surface area (Å²) in [6.45, 7) is 4.81. The molecule has 94 valence electrons. The minimum absolute atomic E-state index is 0.816. The predicted octanol–water partition coefficient (Wildman–Crippen LogP) is 2.64. The quantitative estimate of drug-likeness (QED) is 0.884. The standard InChI is InChI=1S/C14H22N2S/c1-2-4-13(3-1)15-7-9-16-8-5-14-12(11-16)6-10-17-14/h6,10,13,15H,1-5,7-9,11H2. The van der Waals surface area contributed by atoms with Gasteiger partial charge in [0.15, 0.2) is 0 Å². The highest BCUT2D eigenvalue weighted by Crippen LogP contribution is 2.23. The van der Waals surface area contributed by atoms with E-state index in [9.17, 15) is 0 Å². The van der Waals surface area contributed by atoms with Crippen LogP contribution in [0.15, 0.2) is 11.4 Å². The Balaban J connectivity index is 1.41. The normalized spacial score (nSPS) is 21.9. The molecule has 1 aliphatic carbocycles. The first-order valence-electron chi connectivity index (χ1n) is 6.93. The molecule has 0 radical (unpaired) electrons. The summed E-state index contributed by atoms with van der Waals surface area (Å²) in [6.07, 6.45) is 6.92. The van der Waals surface area contributed by atoms with Gasteiger partial charge in [-0.25, -0.2) is 0 Å². The summed E-state index contributed by atoms with van der Waals surface area (Å²) in [5.74, 6) is 0. The molecule has 3 rings (SSSR count). The smallest absolute Gasteiger partial charge is 0.0245 e. The van der Waals surface area contributed by atoms with Gasteiger partial charge in [0.05, 0.1) is 0 Å². The van der Waals surface area contributed by atoms with E-state index in [1.165, 1.54) is 58.3 Å². The zero-order valence-electron chi connectivity index (χ0n) is 10.5. The third-order valence-corrected chi connectivity index (χ3v) is 5.13. The van der Waals surface area contributed by atoms with E-state index >= 15 is 0 Å². The third kappa shape index (κ3) is 2.90. The average Bonchev–Trinajstić information content (AvgIpc) is 2.98. The lowest BCUT2D eigenvalue weighted by Crippen LogP contribution is -2.38. The van der Waals surface area contributed by atoms with Crippen LogP contribution in [0.25, 0.3) is 0 Å². The van der Waals surface area contributed by atoms with E-state index in [1.807, 2.05) is 11.3 Å². The van der Waals surface area contributed by atoms with E-state index < -0.39 is 0 Å². The molecule has 0 aromatic carbocycles. The van der Waals surface area contributed by atoms with Crippen LogP contribution in [0.4, 0.5) is 0 Å². The van der Waals surface area contributed by atoms with E-state index in [0.29, 0.717) is 0 Å². The van der Waals surface area contributed by atoms with Gasteiger partial charge in [-0.15, -0.1) is 11.3 Å². The highest BCUT2D eigenvalue weighted by atomic mass is 32.1. The topological polar surface area (TPSA) is 15.3 Å². The first-order chi connectivity index (χ1) is 8.42. The van der Waals surface area contributed by atoms with Crippen molar-refractivity contribution in [3.63, 3.8) is 0 Å². The molecule has 0 bridgehead atoms. The van der Waals surface area contributed by atoms with Crippen LogP contribution in [0.1, 0.15) is 36.1 Å². The Morgan fingerprint density at radius 2 is 2.24 bits per heavy atom. The molecule has 3 heteroatoms. The Morgan fingerprint density at radius 3 is 3.12 bits per heavy atom. The van der Waals surface area contributed by atoms with E-state index in [-0.39, 0.29) is 0 Å². The summed E-state index contributed by atoms with van der Waals surface area (Å²) >= 11 is 1.93. The third-order valence-electron chi connectivity index (χ3n) is 4.10. The van der Waals surface area contributed by atoms with Crippen molar-refractivity contribution in [1.29, 1.82) is 0 Å². The minimum Gasteiger partial charge on any atom is -0.313 e. The summed E-state index contributed by atoms with van der Waals surface area (Å²) in [5, 5.41) is 5.95. The predicted molar refractivity (Wildman–Crippen MR) is 73.6 cm³/mol. The molecule has 2 nitrogen and oxygen atoms in total. The van der Waals surface area contributed by atoms with Crippen LogP contribution in [-0.2, 0) is 13.0 Å². The van der Waals surface area contributed by atoms with Gasteiger partial charge in [0.1, 0.15) is 0 Å². The second-order valence-corrected chi connectivity index (χ2v) is 6.33. The minimum atomic E-state index is 0.816. The molecule has 0 unspecified atom stereocenters. The van der Waals surface area contributed by atoms with Gasteiger partial charge >= 0.3 is 0 Å². The van der Waals surface area contributed by atoms with Gasteiger partial charge in [-0.05, 0) is 36.3 Å². The summed E-state index contributed by atoms with van der Waals surface area (Å²) in [6, 6.07) is 3.12. The highest BCUT2D eigenvalue weighted by Gasteiger charge is 2.18. The summed E-state index contributed by atoms with van der Waals surface area (Å²) in [7, 11) is 0. The fourth-order valence-corrected chi connectivity index (χ4v) is 3.94. The van der Waals surface area contributed by atoms with Crippen LogP contribution < -0.4 is 5.32 Å². The molecule has 2 aliphatic rings. The fraction of sp³-hybridized carbons (Fsp3) is 0.714. The second kappa shape index (κ2) is 5.51. The van der Waals surface area contributed by atoms with E-state index in [1.54, 1.807) is 10.4 Å². The van der Waals surface area contributed by atoms with Gasteiger partial charge in [-0.3, -0.25) is 4.90 Å². The van der Waals surface area contributed by atoms with Gasteiger partial charge in [0.25, 0.3) is 0 Å². The van der Waals surface area contributed by atoms with Gasteiger partial charge in [0.2, 0.25) is 0 Å². The van der Waals surface area contributed by atoms with Crippen LogP contribution in [0.2, 0.25) is 0 Å². The molecule has 2 heterocycles. The van der Waals surface area contributed by atoms with Crippen molar-refractivity contribution in [2.75, 3.05) is 19.6 Å². The Hall–Kier alpha value is -0.380. The summed E-state index contributed by atoms with van der Waals surface area (Å²) in [5.41, 5.74) is 1.57. The highest BCUT2D eigenvalue weighted by molar-refractivity contribution is 7.10. The average molecular weight is 250 g/mol. The van der Waals surface area contributed by atoms with E-state index in [4.69, 9.17) is 0 Å². The number of hydrogen-bond donors (Lipinski definition) is 1. The van der Waals surface area contributed by atoms with Crippen molar-refractivity contribution in [3.8, 4) is 0 Å². The molecule has 17 heavy (non-hydrogen) atoms. The molecular formula is C14H22N2S. The van der Waals surface area contributed by atoms with Crippen molar-refractivity contribution < 1.29 is 0 Å². The van der Waals surface area contributed by atoms with Crippen molar-refractivity contribution in [1.82, 2.24) is 10.2 Å². The lowest BCUT2D eigenvalue weighted by Gasteiger charge is -2.27. The van der Waals surface area contributed by atoms with Crippen LogP contribution in [0.3, 0.4) is 0 Å². The van der Waals surface area contributed by atoms with Gasteiger partial charge in [-0.1, -0.05) is 12.8 Å². The van der Waals surface area contributed by atoms with Gasteiger partial charge in [0, 0.05) is 37.1 Å². The molecule has 1 aliphatic heterocycles. The Labute approximate surface area is 108 Å². The maximum absolute atomic E-state index is 3.71. The lowest BCUT2D eigenvalue weighted by molar-refractivity contribution is 0.252. The number of rotatable bonds is 4. The van der Waals surface area contributed by atoms with Crippen LogP contribution >= 0.6 is 11.3 Å². The number of hydrogen-bond acceptors (Lipinski definition) is 3. The molecule has 0 atom stereocenters. The number of thiophene rings is 1. The molecular weight excluding hydrogens is 228 g/mol. The number of nitrogens with zero attached hydrogens (tertiary/aromatic N) is 1. The Kier molecular flexibility index (Phi) is 3.79. The van der Waals surface area contributed by atoms with Crippen molar-refractivity contribution in [3.05, 3.63) is 21.9 Å². The molecule has 1 fully saturated rings. The molecule has 0 spiro atoms. The monoisotopic (exact) mass is 250 g/mol. The molecule has 1 saturated carbocycles. The maximum Gasteiger partial charge on any atom is 0.0245 e. The molecule has 1 N–H and O–H groups in total. The summed E-state index contributed by atoms with van der Waals surface area (Å²) in [4.78, 5) is 4.21. The van der Waals surface area contributed by atoms with Crippen LogP contribution in [0.5, 0.6) is 0 Å². The first-order valence-corrected chi connectivity index (χ1v) is 7.81. The zero-order valence-corrected chi connectivity index (χ0v) is 11.3. The summed E-state index contributed by atoms with van der Waals surface area (Å²) < 4.78 is 0. The van der Waals surface area contributed by atoms with Crippen LogP contribution in [-0.4, -0.2) is 30.6 Å². The van der Waals surface area contributed by atoms with E-state index in [0.717, 1.165) is 6.04 Å². The Morgan fingerprint density at radius 1 is 1.35 bits per heavy atom. The van der Waals surface area contributed by atoms with E-state index in [2.05, 4.69) is 21.7 Å². The first kappa shape index (κ1) is 11.7. The zero-order chi connectivity index (χ0) is 11.5. The molecule has 0 saturated heterocycles. The van der Waals surface area contributed by atoms with Gasteiger partial charge < -0.3 is 5.32 Å². The second-order valence-electron chi connectivity index (χ2n) is 5.33. The number of fused-ring (bicyclic) bond motifs is 1. The largest absolute Gasteiger partial charge is 0.313 e. The Bertz CT molecular complexity index is 355. The number of nitrogens with one attached hydrogen (secondary N) is 1. The van der Waals surface area contributed by atoms with Crippen molar-refractivity contribution in [2.45, 2.75) is 44.7 Å².